The van der Waals surface area contributed by atoms with Crippen LogP contribution in [0.1, 0.15) is 12.5 Å². The van der Waals surface area contributed by atoms with Gasteiger partial charge >= 0.3 is 0 Å². The quantitative estimate of drug-likeness (QED) is 0.847. The highest BCUT2D eigenvalue weighted by molar-refractivity contribution is 5.73. The highest BCUT2D eigenvalue weighted by Gasteiger charge is 2.01. The van der Waals surface area contributed by atoms with Crippen molar-refractivity contribution in [3.05, 3.63) is 29.8 Å². The summed E-state index contributed by atoms with van der Waals surface area (Å²) in [5, 5.41) is 2.68. The van der Waals surface area contributed by atoms with Crippen molar-refractivity contribution in [1.29, 1.82) is 0 Å². The monoisotopic (exact) mass is 235 g/mol. The van der Waals surface area contributed by atoms with E-state index < -0.39 is 0 Å². The molecule has 0 aliphatic carbocycles. The molecule has 0 spiro atoms. The SMILES string of the molecule is COc1ccc(C=CCNC(C)=O)c(OC)c1. The minimum Gasteiger partial charge on any atom is -0.497 e. The molecule has 0 atom stereocenters. The number of carbonyl (C=O) groups is 1. The van der Waals surface area contributed by atoms with Gasteiger partial charge in [-0.05, 0) is 12.1 Å². The third-order valence-electron chi connectivity index (χ3n) is 2.21. The summed E-state index contributed by atoms with van der Waals surface area (Å²) < 4.78 is 10.4. The Bertz CT molecular complexity index is 413. The maximum atomic E-state index is 10.7. The van der Waals surface area contributed by atoms with Crippen LogP contribution in [-0.2, 0) is 4.79 Å². The number of rotatable bonds is 5. The molecule has 0 fully saturated rings. The van der Waals surface area contributed by atoms with Crippen LogP contribution in [0.4, 0.5) is 0 Å². The maximum Gasteiger partial charge on any atom is 0.217 e. The molecule has 0 saturated heterocycles. The second-order valence-corrected chi connectivity index (χ2v) is 3.45. The number of amides is 1. The Labute approximate surface area is 101 Å². The first-order valence-corrected chi connectivity index (χ1v) is 5.30. The molecule has 0 bridgehead atoms. The molecule has 0 aromatic heterocycles. The molecule has 0 heterocycles. The number of hydrogen-bond donors (Lipinski definition) is 1. The van der Waals surface area contributed by atoms with Gasteiger partial charge < -0.3 is 14.8 Å². The fraction of sp³-hybridized carbons (Fsp3) is 0.308. The minimum absolute atomic E-state index is 0.0451. The predicted molar refractivity (Wildman–Crippen MR) is 67.3 cm³/mol. The third-order valence-corrected chi connectivity index (χ3v) is 2.21. The highest BCUT2D eigenvalue weighted by Crippen LogP contribution is 2.25. The third kappa shape index (κ3) is 4.18. The van der Waals surface area contributed by atoms with Gasteiger partial charge in [0.05, 0.1) is 14.2 Å². The van der Waals surface area contributed by atoms with Crippen molar-refractivity contribution < 1.29 is 14.3 Å². The number of benzene rings is 1. The molecule has 1 N–H and O–H groups in total. The molecule has 0 radical (unpaired) electrons. The van der Waals surface area contributed by atoms with Crippen molar-refractivity contribution in [2.45, 2.75) is 6.92 Å². The van der Waals surface area contributed by atoms with E-state index in [0.29, 0.717) is 6.54 Å². The Morgan fingerprint density at radius 2 is 2.12 bits per heavy atom. The summed E-state index contributed by atoms with van der Waals surface area (Å²) in [5.41, 5.74) is 0.943. The fourth-order valence-corrected chi connectivity index (χ4v) is 1.34. The normalized spacial score (nSPS) is 10.3. The highest BCUT2D eigenvalue weighted by atomic mass is 16.5. The zero-order chi connectivity index (χ0) is 12.7. The standard InChI is InChI=1S/C13H17NO3/c1-10(15)14-8-4-5-11-6-7-12(16-2)9-13(11)17-3/h4-7,9H,8H2,1-3H3,(H,14,15). The van der Waals surface area contributed by atoms with Crippen molar-refractivity contribution in [1.82, 2.24) is 5.32 Å². The lowest BCUT2D eigenvalue weighted by Crippen LogP contribution is -2.19. The van der Waals surface area contributed by atoms with Gasteiger partial charge in [-0.15, -0.1) is 0 Å². The molecule has 0 aliphatic rings. The molecule has 1 aromatic carbocycles. The van der Waals surface area contributed by atoms with Gasteiger partial charge in [0.1, 0.15) is 11.5 Å². The molecular formula is C13H17NO3. The molecule has 1 aromatic rings. The second-order valence-electron chi connectivity index (χ2n) is 3.45. The number of nitrogens with one attached hydrogen (secondary N) is 1. The number of methoxy groups -OCH3 is 2. The topological polar surface area (TPSA) is 47.6 Å². The van der Waals surface area contributed by atoms with Crippen molar-refractivity contribution in [3.63, 3.8) is 0 Å². The molecular weight excluding hydrogens is 218 g/mol. The number of hydrogen-bond acceptors (Lipinski definition) is 3. The van der Waals surface area contributed by atoms with Gasteiger partial charge in [-0.1, -0.05) is 12.2 Å². The predicted octanol–water partition coefficient (Wildman–Crippen LogP) is 1.85. The Balaban J connectivity index is 2.73. The number of ether oxygens (including phenoxy) is 2. The van der Waals surface area contributed by atoms with Crippen molar-refractivity contribution in [2.24, 2.45) is 0 Å². The first-order valence-electron chi connectivity index (χ1n) is 5.30. The fourth-order valence-electron chi connectivity index (χ4n) is 1.34. The van der Waals surface area contributed by atoms with Gasteiger partial charge in [0.25, 0.3) is 0 Å². The Kier molecular flexibility index (Phi) is 5.07. The first-order chi connectivity index (χ1) is 8.17. The Hall–Kier alpha value is -1.97. The van der Waals surface area contributed by atoms with Crippen molar-refractivity contribution in [3.8, 4) is 11.5 Å². The van der Waals surface area contributed by atoms with Crippen LogP contribution in [0, 0.1) is 0 Å². The van der Waals surface area contributed by atoms with Crippen LogP contribution >= 0.6 is 0 Å². The molecule has 4 heteroatoms. The lowest BCUT2D eigenvalue weighted by atomic mass is 10.1. The zero-order valence-corrected chi connectivity index (χ0v) is 10.3. The molecule has 92 valence electrons. The van der Waals surface area contributed by atoms with Crippen molar-refractivity contribution >= 4 is 12.0 Å². The van der Waals surface area contributed by atoms with E-state index in [9.17, 15) is 4.79 Å². The molecule has 4 nitrogen and oxygen atoms in total. The van der Waals surface area contributed by atoms with E-state index in [-0.39, 0.29) is 5.91 Å². The van der Waals surface area contributed by atoms with Gasteiger partial charge in [0.2, 0.25) is 5.91 Å². The van der Waals surface area contributed by atoms with E-state index >= 15 is 0 Å². The Morgan fingerprint density at radius 1 is 1.35 bits per heavy atom. The van der Waals surface area contributed by atoms with Crippen LogP contribution in [0.3, 0.4) is 0 Å². The number of carbonyl (C=O) groups excluding carboxylic acids is 1. The average Bonchev–Trinajstić information content (AvgIpc) is 2.34. The summed E-state index contributed by atoms with van der Waals surface area (Å²) in [7, 11) is 3.22. The summed E-state index contributed by atoms with van der Waals surface area (Å²) in [5.74, 6) is 1.45. The molecule has 1 rings (SSSR count). The second kappa shape index (κ2) is 6.58. The van der Waals surface area contributed by atoms with Gasteiger partial charge in [-0.3, -0.25) is 4.79 Å². The van der Waals surface area contributed by atoms with Gasteiger partial charge in [0, 0.05) is 25.1 Å². The maximum absolute atomic E-state index is 10.7. The van der Waals surface area contributed by atoms with Gasteiger partial charge in [-0.25, -0.2) is 0 Å². The summed E-state index contributed by atoms with van der Waals surface area (Å²) >= 11 is 0. The van der Waals surface area contributed by atoms with E-state index in [0.717, 1.165) is 17.1 Å². The van der Waals surface area contributed by atoms with E-state index in [2.05, 4.69) is 5.32 Å². The molecule has 0 unspecified atom stereocenters. The Morgan fingerprint density at radius 3 is 2.71 bits per heavy atom. The van der Waals surface area contributed by atoms with Crippen LogP contribution in [0.5, 0.6) is 11.5 Å². The van der Waals surface area contributed by atoms with Gasteiger partial charge in [-0.2, -0.15) is 0 Å². The summed E-state index contributed by atoms with van der Waals surface area (Å²) in [4.78, 5) is 10.7. The molecule has 1 amide bonds. The lowest BCUT2D eigenvalue weighted by Gasteiger charge is -2.07. The van der Waals surface area contributed by atoms with E-state index in [1.165, 1.54) is 6.92 Å². The van der Waals surface area contributed by atoms with Crippen molar-refractivity contribution in [2.75, 3.05) is 20.8 Å². The largest absolute Gasteiger partial charge is 0.497 e. The smallest absolute Gasteiger partial charge is 0.217 e. The molecule has 0 saturated carbocycles. The summed E-state index contributed by atoms with van der Waals surface area (Å²) in [6.45, 7) is 1.99. The van der Waals surface area contributed by atoms with Crippen LogP contribution in [-0.4, -0.2) is 26.7 Å². The summed E-state index contributed by atoms with van der Waals surface area (Å²) in [6, 6.07) is 5.58. The van der Waals surface area contributed by atoms with E-state index in [1.807, 2.05) is 30.4 Å². The van der Waals surface area contributed by atoms with Crippen LogP contribution < -0.4 is 14.8 Å². The van der Waals surface area contributed by atoms with Crippen LogP contribution in [0.2, 0.25) is 0 Å². The summed E-state index contributed by atoms with van der Waals surface area (Å²) in [6.07, 6.45) is 3.76. The molecule has 17 heavy (non-hydrogen) atoms. The average molecular weight is 235 g/mol. The van der Waals surface area contributed by atoms with E-state index in [4.69, 9.17) is 9.47 Å². The first kappa shape index (κ1) is 13.1. The van der Waals surface area contributed by atoms with Gasteiger partial charge in [0.15, 0.2) is 0 Å². The van der Waals surface area contributed by atoms with E-state index in [1.54, 1.807) is 14.2 Å². The lowest BCUT2D eigenvalue weighted by molar-refractivity contribution is -0.118. The zero-order valence-electron chi connectivity index (χ0n) is 10.3. The van der Waals surface area contributed by atoms with Crippen LogP contribution in [0.15, 0.2) is 24.3 Å². The molecule has 0 aliphatic heterocycles. The minimum atomic E-state index is -0.0451. The van der Waals surface area contributed by atoms with Crippen LogP contribution in [0.25, 0.3) is 6.08 Å².